The molecule has 0 amide bonds. The van der Waals surface area contributed by atoms with E-state index in [-0.39, 0.29) is 0 Å². The molecular weight excluding hydrogens is 262 g/mol. The van der Waals surface area contributed by atoms with Gasteiger partial charge in [0.2, 0.25) is 5.89 Å². The highest BCUT2D eigenvalue weighted by molar-refractivity contribution is 5.30. The van der Waals surface area contributed by atoms with Crippen molar-refractivity contribution < 1.29 is 4.52 Å². The topological polar surface area (TPSA) is 51.0 Å². The third kappa shape index (κ3) is 3.00. The summed E-state index contributed by atoms with van der Waals surface area (Å²) in [6.07, 6.45) is 6.80. The molecule has 4 nitrogen and oxygen atoms in total. The molecule has 2 aliphatic rings. The molecule has 1 saturated carbocycles. The first-order valence-corrected chi connectivity index (χ1v) is 8.01. The van der Waals surface area contributed by atoms with Gasteiger partial charge in [0.15, 0.2) is 5.82 Å². The summed E-state index contributed by atoms with van der Waals surface area (Å²) in [5.41, 5.74) is 3.01. The fourth-order valence-electron chi connectivity index (χ4n) is 3.13. The number of nitrogens with zero attached hydrogens (tertiary/aromatic N) is 2. The summed E-state index contributed by atoms with van der Waals surface area (Å²) in [5.74, 6) is 2.27. The highest BCUT2D eigenvalue weighted by Crippen LogP contribution is 2.38. The largest absolute Gasteiger partial charge is 0.339 e. The van der Waals surface area contributed by atoms with E-state index in [4.69, 9.17) is 4.52 Å². The minimum absolute atomic E-state index is 0.574. The molecule has 0 spiro atoms. The number of nitrogens with one attached hydrogen (secondary N) is 1. The molecule has 1 fully saturated rings. The molecule has 4 heteroatoms. The summed E-state index contributed by atoms with van der Waals surface area (Å²) >= 11 is 0. The first-order chi connectivity index (χ1) is 10.4. The van der Waals surface area contributed by atoms with Crippen LogP contribution in [0.3, 0.4) is 0 Å². The zero-order valence-corrected chi connectivity index (χ0v) is 12.2. The van der Waals surface area contributed by atoms with E-state index in [2.05, 4.69) is 39.7 Å². The maximum absolute atomic E-state index is 5.31. The number of aryl methyl sites for hydroxylation is 1. The molecule has 110 valence electrons. The van der Waals surface area contributed by atoms with E-state index in [9.17, 15) is 0 Å². The molecule has 2 aliphatic carbocycles. The van der Waals surface area contributed by atoms with E-state index >= 15 is 0 Å². The lowest BCUT2D eigenvalue weighted by Gasteiger charge is -2.25. The van der Waals surface area contributed by atoms with Crippen LogP contribution in [-0.2, 0) is 19.3 Å². The van der Waals surface area contributed by atoms with Crippen molar-refractivity contribution in [1.29, 1.82) is 0 Å². The summed E-state index contributed by atoms with van der Waals surface area (Å²) in [5, 5.41) is 7.70. The normalized spacial score (nSPS) is 21.2. The molecule has 2 aromatic rings. The van der Waals surface area contributed by atoms with E-state index in [1.54, 1.807) is 0 Å². The average molecular weight is 283 g/mol. The summed E-state index contributed by atoms with van der Waals surface area (Å²) in [4.78, 5) is 4.47. The Morgan fingerprint density at radius 3 is 2.86 bits per heavy atom. The smallest absolute Gasteiger partial charge is 0.227 e. The molecule has 4 rings (SSSR count). The molecule has 1 N–H and O–H groups in total. The van der Waals surface area contributed by atoms with Gasteiger partial charge in [-0.05, 0) is 43.2 Å². The second-order valence-corrected chi connectivity index (χ2v) is 6.23. The van der Waals surface area contributed by atoms with Crippen molar-refractivity contribution in [1.82, 2.24) is 15.5 Å². The Kier molecular flexibility index (Phi) is 3.47. The van der Waals surface area contributed by atoms with Crippen molar-refractivity contribution in [3.05, 3.63) is 47.1 Å². The lowest BCUT2D eigenvalue weighted by Crippen LogP contribution is -2.35. The molecule has 1 atom stereocenters. The Bertz CT molecular complexity index is 618. The Morgan fingerprint density at radius 2 is 2.00 bits per heavy atom. The van der Waals surface area contributed by atoms with Crippen molar-refractivity contribution in [3.8, 4) is 0 Å². The molecule has 1 heterocycles. The zero-order valence-electron chi connectivity index (χ0n) is 12.2. The van der Waals surface area contributed by atoms with Crippen LogP contribution < -0.4 is 5.32 Å². The van der Waals surface area contributed by atoms with Gasteiger partial charge in [-0.2, -0.15) is 4.98 Å². The Hall–Kier alpha value is -1.68. The second-order valence-electron chi connectivity index (χ2n) is 6.23. The van der Waals surface area contributed by atoms with E-state index in [1.165, 1.54) is 36.8 Å². The predicted molar refractivity (Wildman–Crippen MR) is 80.2 cm³/mol. The lowest BCUT2D eigenvalue weighted by atomic mass is 9.88. The first-order valence-electron chi connectivity index (χ1n) is 8.01. The second kappa shape index (κ2) is 5.60. The fourth-order valence-corrected chi connectivity index (χ4v) is 3.13. The summed E-state index contributed by atoms with van der Waals surface area (Å²) in [6, 6.07) is 9.36. The molecular formula is C17H21N3O. The standard InChI is InChI=1S/C17H21N3O/c1-2-4-14-11-15(8-7-12(14)3-1)18-10-9-16-19-17(20-21-16)13-5-6-13/h1-4,13,15,18H,5-11H2/t15-/m1/s1. The van der Waals surface area contributed by atoms with Crippen molar-refractivity contribution in [3.63, 3.8) is 0 Å². The molecule has 21 heavy (non-hydrogen) atoms. The van der Waals surface area contributed by atoms with Gasteiger partial charge >= 0.3 is 0 Å². The fraction of sp³-hybridized carbons (Fsp3) is 0.529. The van der Waals surface area contributed by atoms with Crippen molar-refractivity contribution >= 4 is 0 Å². The third-order valence-electron chi connectivity index (χ3n) is 4.55. The Morgan fingerprint density at radius 1 is 1.14 bits per heavy atom. The minimum atomic E-state index is 0.574. The van der Waals surface area contributed by atoms with Gasteiger partial charge in [-0.3, -0.25) is 0 Å². The van der Waals surface area contributed by atoms with Crippen LogP contribution in [0.25, 0.3) is 0 Å². The van der Waals surface area contributed by atoms with Gasteiger partial charge in [0.05, 0.1) is 0 Å². The number of benzene rings is 1. The molecule has 0 unspecified atom stereocenters. The molecule has 0 saturated heterocycles. The zero-order chi connectivity index (χ0) is 14.1. The van der Waals surface area contributed by atoms with Crippen LogP contribution in [0.1, 0.15) is 48.0 Å². The number of rotatable bonds is 5. The number of hydrogen-bond donors (Lipinski definition) is 1. The summed E-state index contributed by atoms with van der Waals surface area (Å²) < 4.78 is 5.31. The number of hydrogen-bond acceptors (Lipinski definition) is 4. The van der Waals surface area contributed by atoms with Crippen LogP contribution in [0.4, 0.5) is 0 Å². The van der Waals surface area contributed by atoms with Crippen molar-refractivity contribution in [2.45, 2.75) is 50.5 Å². The third-order valence-corrected chi connectivity index (χ3v) is 4.55. The van der Waals surface area contributed by atoms with Gasteiger partial charge in [-0.25, -0.2) is 0 Å². The number of aromatic nitrogens is 2. The van der Waals surface area contributed by atoms with Crippen LogP contribution in [0.5, 0.6) is 0 Å². The predicted octanol–water partition coefficient (Wildman–Crippen LogP) is 2.64. The van der Waals surface area contributed by atoms with Gasteiger partial charge in [0.25, 0.3) is 0 Å². The molecule has 1 aromatic carbocycles. The van der Waals surface area contributed by atoms with Gasteiger partial charge < -0.3 is 9.84 Å². The van der Waals surface area contributed by atoms with Gasteiger partial charge in [0.1, 0.15) is 0 Å². The van der Waals surface area contributed by atoms with Crippen LogP contribution in [-0.4, -0.2) is 22.7 Å². The maximum atomic E-state index is 5.31. The van der Waals surface area contributed by atoms with E-state index in [0.29, 0.717) is 12.0 Å². The van der Waals surface area contributed by atoms with Crippen LogP contribution >= 0.6 is 0 Å². The molecule has 1 aromatic heterocycles. The monoisotopic (exact) mass is 283 g/mol. The van der Waals surface area contributed by atoms with Crippen molar-refractivity contribution in [2.24, 2.45) is 0 Å². The van der Waals surface area contributed by atoms with Crippen LogP contribution in [0.2, 0.25) is 0 Å². The quantitative estimate of drug-likeness (QED) is 0.916. The van der Waals surface area contributed by atoms with E-state index in [0.717, 1.165) is 31.1 Å². The molecule has 0 bridgehead atoms. The summed E-state index contributed by atoms with van der Waals surface area (Å²) in [7, 11) is 0. The Balaban J connectivity index is 1.27. The first kappa shape index (κ1) is 13.0. The maximum Gasteiger partial charge on any atom is 0.227 e. The van der Waals surface area contributed by atoms with Gasteiger partial charge in [0, 0.05) is 24.9 Å². The van der Waals surface area contributed by atoms with E-state index < -0.39 is 0 Å². The number of fused-ring (bicyclic) bond motifs is 1. The highest BCUT2D eigenvalue weighted by atomic mass is 16.5. The SMILES string of the molecule is c1ccc2c(c1)CC[C@@H](NCCc1nc(C3CC3)no1)C2. The van der Waals surface area contributed by atoms with Crippen LogP contribution in [0.15, 0.2) is 28.8 Å². The molecule has 0 aliphatic heterocycles. The lowest BCUT2D eigenvalue weighted by molar-refractivity contribution is 0.364. The highest BCUT2D eigenvalue weighted by Gasteiger charge is 2.28. The van der Waals surface area contributed by atoms with Crippen molar-refractivity contribution in [2.75, 3.05) is 6.54 Å². The van der Waals surface area contributed by atoms with Gasteiger partial charge in [-0.15, -0.1) is 0 Å². The van der Waals surface area contributed by atoms with E-state index in [1.807, 2.05) is 0 Å². The van der Waals surface area contributed by atoms with Crippen LogP contribution in [0, 0.1) is 0 Å². The average Bonchev–Trinajstić information content (AvgIpc) is 3.27. The minimum Gasteiger partial charge on any atom is -0.339 e. The summed E-state index contributed by atoms with van der Waals surface area (Å²) in [6.45, 7) is 0.916. The Labute approximate surface area is 124 Å². The molecule has 0 radical (unpaired) electrons. The van der Waals surface area contributed by atoms with Gasteiger partial charge in [-0.1, -0.05) is 29.4 Å².